The van der Waals surface area contributed by atoms with E-state index in [-0.39, 0.29) is 11.6 Å². The Morgan fingerprint density at radius 2 is 1.79 bits per heavy atom. The van der Waals surface area contributed by atoms with Crippen LogP contribution in [0.5, 0.6) is 11.5 Å². The molecule has 0 aliphatic heterocycles. The highest BCUT2D eigenvalue weighted by molar-refractivity contribution is 6.30. The van der Waals surface area contributed by atoms with Crippen molar-refractivity contribution < 1.29 is 9.53 Å². The molecule has 1 heterocycles. The van der Waals surface area contributed by atoms with Crippen LogP contribution in [0.1, 0.15) is 11.1 Å². The topological polar surface area (TPSA) is 68.5 Å². The molecule has 144 valence electrons. The number of hydrogen-bond acceptors (Lipinski definition) is 5. The van der Waals surface area contributed by atoms with Crippen LogP contribution in [0.15, 0.2) is 60.8 Å². The Morgan fingerprint density at radius 1 is 1.07 bits per heavy atom. The number of hydrogen-bond donors (Lipinski definition) is 1. The van der Waals surface area contributed by atoms with E-state index < -0.39 is 0 Å². The minimum Gasteiger partial charge on any atom is -0.453 e. The van der Waals surface area contributed by atoms with E-state index in [1.807, 2.05) is 61.5 Å². The number of pyridine rings is 1. The van der Waals surface area contributed by atoms with E-state index in [1.54, 1.807) is 12.1 Å². The number of Topliss-reactive ketones (excluding diaryl/α,β-unsaturated/α-hetero) is 1. The highest BCUT2D eigenvalue weighted by Crippen LogP contribution is 2.29. The van der Waals surface area contributed by atoms with Gasteiger partial charge in [0, 0.05) is 44.9 Å². The predicted octanol–water partition coefficient (Wildman–Crippen LogP) is 4.53. The van der Waals surface area contributed by atoms with Crippen molar-refractivity contribution in [2.75, 3.05) is 24.7 Å². The maximum atomic E-state index is 12.5. The second-order valence-corrected chi connectivity index (χ2v) is 7.18. The highest BCUT2D eigenvalue weighted by Gasteiger charge is 2.09. The number of aromatic nitrogens is 1. The molecule has 0 saturated heterocycles. The van der Waals surface area contributed by atoms with E-state index in [2.05, 4.69) is 4.98 Å². The molecule has 2 aromatic carbocycles. The summed E-state index contributed by atoms with van der Waals surface area (Å²) in [6.07, 6.45) is 2.18. The number of anilines is 2. The first-order valence-corrected chi connectivity index (χ1v) is 9.24. The van der Waals surface area contributed by atoms with Crippen LogP contribution in [0.2, 0.25) is 5.02 Å². The Hall–Kier alpha value is -3.05. The third-order valence-corrected chi connectivity index (χ3v) is 4.44. The maximum Gasteiger partial charge on any atom is 0.170 e. The number of ether oxygens (including phenoxy) is 1. The van der Waals surface area contributed by atoms with Crippen LogP contribution >= 0.6 is 11.6 Å². The Kier molecular flexibility index (Phi) is 6.16. The van der Waals surface area contributed by atoms with Gasteiger partial charge in [0.1, 0.15) is 11.5 Å². The fraction of sp³-hybridized carbons (Fsp3) is 0.182. The SMILES string of the molecule is CN(C)c1ccc(CC(=O)Cc2cccc(Oc3cc(Cl)cnc3N)c2)cc1. The zero-order valence-electron chi connectivity index (χ0n) is 15.9. The molecular formula is C22H22ClN3O2. The number of ketones is 1. The fourth-order valence-electron chi connectivity index (χ4n) is 2.79. The summed E-state index contributed by atoms with van der Waals surface area (Å²) in [5.41, 5.74) is 8.80. The Labute approximate surface area is 169 Å². The van der Waals surface area contributed by atoms with Crippen molar-refractivity contribution in [1.82, 2.24) is 4.98 Å². The standard InChI is InChI=1S/C22H22ClN3O2/c1-26(2)18-8-6-15(7-9-18)10-19(27)11-16-4-3-5-20(12-16)28-21-13-17(23)14-25-22(21)24/h3-9,12-14H,10-11H2,1-2H3,(H2,24,25). The summed E-state index contributed by atoms with van der Waals surface area (Å²) in [5, 5.41) is 0.441. The largest absolute Gasteiger partial charge is 0.453 e. The van der Waals surface area contributed by atoms with Gasteiger partial charge in [0.05, 0.1) is 5.02 Å². The molecule has 0 spiro atoms. The van der Waals surface area contributed by atoms with Crippen LogP contribution in [-0.4, -0.2) is 24.9 Å². The van der Waals surface area contributed by atoms with Gasteiger partial charge >= 0.3 is 0 Å². The van der Waals surface area contributed by atoms with Crippen LogP contribution in [-0.2, 0) is 17.6 Å². The van der Waals surface area contributed by atoms with E-state index in [4.69, 9.17) is 22.1 Å². The summed E-state index contributed by atoms with van der Waals surface area (Å²) in [6.45, 7) is 0. The lowest BCUT2D eigenvalue weighted by atomic mass is 10.0. The number of rotatable bonds is 7. The summed E-state index contributed by atoms with van der Waals surface area (Å²) in [7, 11) is 3.98. The minimum absolute atomic E-state index is 0.138. The molecule has 5 nitrogen and oxygen atoms in total. The molecule has 0 atom stereocenters. The highest BCUT2D eigenvalue weighted by atomic mass is 35.5. The zero-order chi connectivity index (χ0) is 20.1. The first kappa shape index (κ1) is 19.7. The molecule has 0 aliphatic carbocycles. The van der Waals surface area contributed by atoms with Crippen molar-refractivity contribution in [3.05, 3.63) is 76.9 Å². The van der Waals surface area contributed by atoms with Gasteiger partial charge in [-0.15, -0.1) is 0 Å². The van der Waals surface area contributed by atoms with Crippen molar-refractivity contribution in [3.63, 3.8) is 0 Å². The quantitative estimate of drug-likeness (QED) is 0.636. The average molecular weight is 396 g/mol. The first-order chi connectivity index (χ1) is 13.4. The van der Waals surface area contributed by atoms with Crippen LogP contribution in [0.25, 0.3) is 0 Å². The van der Waals surface area contributed by atoms with Crippen molar-refractivity contribution in [2.24, 2.45) is 0 Å². The molecule has 2 N–H and O–H groups in total. The van der Waals surface area contributed by atoms with E-state index >= 15 is 0 Å². The molecular weight excluding hydrogens is 374 g/mol. The molecule has 6 heteroatoms. The second-order valence-electron chi connectivity index (χ2n) is 6.74. The molecule has 0 unspecified atom stereocenters. The summed E-state index contributed by atoms with van der Waals surface area (Å²) < 4.78 is 5.78. The van der Waals surface area contributed by atoms with Gasteiger partial charge in [-0.25, -0.2) is 4.98 Å². The second kappa shape index (κ2) is 8.76. The van der Waals surface area contributed by atoms with Gasteiger partial charge in [-0.2, -0.15) is 0 Å². The van der Waals surface area contributed by atoms with E-state index in [1.165, 1.54) is 6.20 Å². The molecule has 0 fully saturated rings. The molecule has 1 aromatic heterocycles. The number of halogens is 1. The van der Waals surface area contributed by atoms with E-state index in [0.29, 0.717) is 29.4 Å². The van der Waals surface area contributed by atoms with Crippen molar-refractivity contribution in [2.45, 2.75) is 12.8 Å². The first-order valence-electron chi connectivity index (χ1n) is 8.86. The normalized spacial score (nSPS) is 10.5. The molecule has 28 heavy (non-hydrogen) atoms. The molecule has 3 aromatic rings. The molecule has 0 radical (unpaired) electrons. The van der Waals surface area contributed by atoms with Crippen molar-refractivity contribution in [1.29, 1.82) is 0 Å². The minimum atomic E-state index is 0.138. The Balaban J connectivity index is 1.65. The van der Waals surface area contributed by atoms with Crippen LogP contribution in [0, 0.1) is 0 Å². The number of nitrogens with two attached hydrogens (primary N) is 1. The molecule has 0 aliphatic rings. The number of nitrogens with zero attached hydrogens (tertiary/aromatic N) is 2. The summed E-state index contributed by atoms with van der Waals surface area (Å²) >= 11 is 5.94. The van der Waals surface area contributed by atoms with E-state index in [0.717, 1.165) is 16.8 Å². The molecule has 3 rings (SSSR count). The third-order valence-electron chi connectivity index (χ3n) is 4.23. The van der Waals surface area contributed by atoms with Gasteiger partial charge < -0.3 is 15.4 Å². The van der Waals surface area contributed by atoms with Gasteiger partial charge in [-0.1, -0.05) is 35.9 Å². The van der Waals surface area contributed by atoms with Gasteiger partial charge in [0.2, 0.25) is 0 Å². The number of carbonyl (C=O) groups excluding carboxylic acids is 1. The fourth-order valence-corrected chi connectivity index (χ4v) is 2.94. The number of carbonyl (C=O) groups is 1. The number of nitrogen functional groups attached to an aromatic ring is 1. The lowest BCUT2D eigenvalue weighted by molar-refractivity contribution is -0.117. The van der Waals surface area contributed by atoms with Gasteiger partial charge in [-0.3, -0.25) is 4.79 Å². The lowest BCUT2D eigenvalue weighted by Crippen LogP contribution is -2.09. The third kappa shape index (κ3) is 5.24. The van der Waals surface area contributed by atoms with Gasteiger partial charge in [-0.05, 0) is 35.4 Å². The number of benzene rings is 2. The Morgan fingerprint density at radius 3 is 2.50 bits per heavy atom. The van der Waals surface area contributed by atoms with Crippen molar-refractivity contribution >= 4 is 28.9 Å². The lowest BCUT2D eigenvalue weighted by Gasteiger charge is -2.12. The van der Waals surface area contributed by atoms with Crippen molar-refractivity contribution in [3.8, 4) is 11.5 Å². The molecule has 0 saturated carbocycles. The van der Waals surface area contributed by atoms with Crippen LogP contribution in [0.3, 0.4) is 0 Å². The van der Waals surface area contributed by atoms with Crippen LogP contribution in [0.4, 0.5) is 11.5 Å². The van der Waals surface area contributed by atoms with Gasteiger partial charge in [0.15, 0.2) is 11.6 Å². The van der Waals surface area contributed by atoms with Crippen LogP contribution < -0.4 is 15.4 Å². The maximum absolute atomic E-state index is 12.5. The smallest absolute Gasteiger partial charge is 0.170 e. The summed E-state index contributed by atoms with van der Waals surface area (Å²) in [6, 6.07) is 17.0. The van der Waals surface area contributed by atoms with E-state index in [9.17, 15) is 4.79 Å². The Bertz CT molecular complexity index is 972. The van der Waals surface area contributed by atoms with Gasteiger partial charge in [0.25, 0.3) is 0 Å². The molecule has 0 amide bonds. The summed E-state index contributed by atoms with van der Waals surface area (Å²) in [4.78, 5) is 18.5. The monoisotopic (exact) mass is 395 g/mol. The summed E-state index contributed by atoms with van der Waals surface area (Å²) in [5.74, 6) is 1.36. The molecule has 0 bridgehead atoms. The average Bonchev–Trinajstić information content (AvgIpc) is 2.65. The zero-order valence-corrected chi connectivity index (χ0v) is 16.6. The predicted molar refractivity (Wildman–Crippen MR) is 113 cm³/mol.